The molecule has 30 heavy (non-hydrogen) atoms. The van der Waals surface area contributed by atoms with E-state index in [-0.39, 0.29) is 0 Å². The van der Waals surface area contributed by atoms with Gasteiger partial charge in [0.05, 0.1) is 32.6 Å². The van der Waals surface area contributed by atoms with Crippen molar-refractivity contribution in [2.45, 2.75) is 0 Å². The second-order valence-electron chi connectivity index (χ2n) is 6.22. The molecule has 0 atom stereocenters. The van der Waals surface area contributed by atoms with E-state index in [9.17, 15) is 4.79 Å². The molecule has 0 spiro atoms. The van der Waals surface area contributed by atoms with Crippen LogP contribution in [0.2, 0.25) is 0 Å². The van der Waals surface area contributed by atoms with Gasteiger partial charge in [-0.3, -0.25) is 0 Å². The fraction of sp³-hybridized carbons (Fsp3) is 0.136. The topological polar surface area (TPSA) is 83.2 Å². The zero-order valence-electron chi connectivity index (χ0n) is 16.5. The summed E-state index contributed by atoms with van der Waals surface area (Å²) in [5.41, 5.74) is 1.79. The zero-order valence-corrected chi connectivity index (χ0v) is 17.4. The molecule has 0 radical (unpaired) electrons. The number of aromatic nitrogens is 1. The third-order valence-corrected chi connectivity index (χ3v) is 5.17. The summed E-state index contributed by atoms with van der Waals surface area (Å²) in [4.78, 5) is 21.2. The average molecular weight is 422 g/mol. The van der Waals surface area contributed by atoms with Gasteiger partial charge in [0, 0.05) is 22.5 Å². The Balaban J connectivity index is 1.65. The Morgan fingerprint density at radius 1 is 1.03 bits per heavy atom. The van der Waals surface area contributed by atoms with Gasteiger partial charge in [-0.2, -0.15) is 0 Å². The number of aliphatic imine (C=N–C) groups is 1. The number of benzene rings is 2. The maximum absolute atomic E-state index is 12.3. The Hall–Kier alpha value is -3.65. The van der Waals surface area contributed by atoms with E-state index >= 15 is 0 Å². The van der Waals surface area contributed by atoms with Crippen LogP contribution in [0.5, 0.6) is 17.2 Å². The maximum Gasteiger partial charge on any atom is 0.345 e. The number of methoxy groups -OCH3 is 3. The third kappa shape index (κ3) is 3.77. The van der Waals surface area contributed by atoms with E-state index in [0.29, 0.717) is 39.2 Å². The SMILES string of the molecule is COc1cc(C=Nc2nc(-c3cc4ccccc4oc3=O)cs2)cc(OC)c1OC. The van der Waals surface area contributed by atoms with E-state index in [2.05, 4.69) is 9.98 Å². The largest absolute Gasteiger partial charge is 0.493 e. The van der Waals surface area contributed by atoms with Crippen molar-refractivity contribution < 1.29 is 18.6 Å². The van der Waals surface area contributed by atoms with Crippen LogP contribution in [-0.4, -0.2) is 32.5 Å². The molecule has 0 bridgehead atoms. The van der Waals surface area contributed by atoms with Crippen LogP contribution in [0.25, 0.3) is 22.2 Å². The van der Waals surface area contributed by atoms with Crippen molar-refractivity contribution in [3.8, 4) is 28.5 Å². The van der Waals surface area contributed by atoms with Crippen LogP contribution in [0, 0.1) is 0 Å². The van der Waals surface area contributed by atoms with Crippen LogP contribution in [0.3, 0.4) is 0 Å². The minimum atomic E-state index is -0.431. The van der Waals surface area contributed by atoms with Gasteiger partial charge in [-0.15, -0.1) is 11.3 Å². The molecule has 152 valence electrons. The molecule has 0 saturated heterocycles. The number of ether oxygens (including phenoxy) is 3. The first kappa shape index (κ1) is 19.7. The molecule has 2 heterocycles. The summed E-state index contributed by atoms with van der Waals surface area (Å²) in [6.07, 6.45) is 1.65. The van der Waals surface area contributed by atoms with Crippen molar-refractivity contribution in [2.75, 3.05) is 21.3 Å². The van der Waals surface area contributed by atoms with Crippen molar-refractivity contribution in [3.63, 3.8) is 0 Å². The minimum Gasteiger partial charge on any atom is -0.493 e. The van der Waals surface area contributed by atoms with Gasteiger partial charge in [-0.05, 0) is 24.3 Å². The number of hydrogen-bond acceptors (Lipinski definition) is 8. The highest BCUT2D eigenvalue weighted by atomic mass is 32.1. The Morgan fingerprint density at radius 2 is 1.77 bits per heavy atom. The van der Waals surface area contributed by atoms with Gasteiger partial charge in [0.15, 0.2) is 11.5 Å². The zero-order chi connectivity index (χ0) is 21.1. The van der Waals surface area contributed by atoms with E-state index in [4.69, 9.17) is 18.6 Å². The van der Waals surface area contributed by atoms with Crippen molar-refractivity contribution in [1.82, 2.24) is 4.98 Å². The van der Waals surface area contributed by atoms with Gasteiger partial charge in [-0.25, -0.2) is 14.8 Å². The lowest BCUT2D eigenvalue weighted by molar-refractivity contribution is 0.324. The van der Waals surface area contributed by atoms with Crippen LogP contribution < -0.4 is 19.8 Å². The Bertz CT molecular complexity index is 1270. The molecule has 4 aromatic rings. The molecule has 2 aromatic heterocycles. The van der Waals surface area contributed by atoms with Crippen LogP contribution >= 0.6 is 11.3 Å². The molecule has 0 aliphatic carbocycles. The molecule has 0 aliphatic heterocycles. The van der Waals surface area contributed by atoms with E-state index < -0.39 is 5.63 Å². The van der Waals surface area contributed by atoms with Crippen molar-refractivity contribution in [1.29, 1.82) is 0 Å². The lowest BCUT2D eigenvalue weighted by Crippen LogP contribution is -2.02. The number of para-hydroxylation sites is 1. The molecule has 2 aromatic carbocycles. The minimum absolute atomic E-state index is 0.402. The van der Waals surface area contributed by atoms with Crippen LogP contribution in [0.4, 0.5) is 5.13 Å². The van der Waals surface area contributed by atoms with E-state index in [1.165, 1.54) is 11.3 Å². The van der Waals surface area contributed by atoms with Gasteiger partial charge in [-0.1, -0.05) is 18.2 Å². The van der Waals surface area contributed by atoms with Gasteiger partial charge in [0.2, 0.25) is 10.9 Å². The highest BCUT2D eigenvalue weighted by Crippen LogP contribution is 2.38. The molecule has 0 N–H and O–H groups in total. The van der Waals surface area contributed by atoms with Crippen molar-refractivity contribution in [2.24, 2.45) is 4.99 Å². The highest BCUT2D eigenvalue weighted by Gasteiger charge is 2.13. The molecule has 0 aliphatic rings. The molecule has 0 unspecified atom stereocenters. The Morgan fingerprint density at radius 3 is 2.47 bits per heavy atom. The Kier molecular flexibility index (Phi) is 5.49. The second kappa shape index (κ2) is 8.38. The summed E-state index contributed by atoms with van der Waals surface area (Å²) >= 11 is 1.33. The first-order valence-electron chi connectivity index (χ1n) is 8.96. The number of rotatable bonds is 6. The predicted octanol–water partition coefficient (Wildman–Crippen LogP) is 4.69. The van der Waals surface area contributed by atoms with Crippen molar-refractivity contribution in [3.05, 3.63) is 63.8 Å². The summed E-state index contributed by atoms with van der Waals surface area (Å²) in [5.74, 6) is 1.58. The number of nitrogens with zero attached hydrogens (tertiary/aromatic N) is 2. The van der Waals surface area contributed by atoms with E-state index in [1.54, 1.807) is 57.2 Å². The summed E-state index contributed by atoms with van der Waals surface area (Å²) in [6, 6.07) is 12.7. The monoisotopic (exact) mass is 422 g/mol. The number of hydrogen-bond donors (Lipinski definition) is 0. The summed E-state index contributed by atoms with van der Waals surface area (Å²) < 4.78 is 21.4. The quantitative estimate of drug-likeness (QED) is 0.331. The smallest absolute Gasteiger partial charge is 0.345 e. The molecular weight excluding hydrogens is 404 g/mol. The number of fused-ring (bicyclic) bond motifs is 1. The summed E-state index contributed by atoms with van der Waals surface area (Å²) in [5, 5.41) is 3.12. The highest BCUT2D eigenvalue weighted by molar-refractivity contribution is 7.13. The molecular formula is C22H18N2O5S. The summed E-state index contributed by atoms with van der Waals surface area (Å²) in [6.45, 7) is 0. The molecule has 8 heteroatoms. The first-order valence-corrected chi connectivity index (χ1v) is 9.83. The predicted molar refractivity (Wildman–Crippen MR) is 117 cm³/mol. The molecule has 0 amide bonds. The van der Waals surface area contributed by atoms with Gasteiger partial charge < -0.3 is 18.6 Å². The summed E-state index contributed by atoms with van der Waals surface area (Å²) in [7, 11) is 4.66. The standard InChI is InChI=1S/C22H18N2O5S/c1-26-18-8-13(9-19(27-2)20(18)28-3)11-23-22-24-16(12-30-22)15-10-14-6-4-5-7-17(14)29-21(15)25/h4-12H,1-3H3. The average Bonchev–Trinajstić information content (AvgIpc) is 3.25. The molecule has 4 rings (SSSR count). The van der Waals surface area contributed by atoms with Crippen LogP contribution in [0.15, 0.2) is 62.0 Å². The first-order chi connectivity index (χ1) is 14.6. The van der Waals surface area contributed by atoms with E-state index in [1.807, 2.05) is 18.2 Å². The van der Waals surface area contributed by atoms with Crippen molar-refractivity contribution >= 4 is 33.7 Å². The normalized spacial score (nSPS) is 11.2. The van der Waals surface area contributed by atoms with Gasteiger partial charge in [0.1, 0.15) is 5.58 Å². The number of thiazole rings is 1. The lowest BCUT2D eigenvalue weighted by atomic mass is 10.1. The van der Waals surface area contributed by atoms with Gasteiger partial charge >= 0.3 is 5.63 Å². The van der Waals surface area contributed by atoms with Crippen LogP contribution in [-0.2, 0) is 0 Å². The van der Waals surface area contributed by atoms with Gasteiger partial charge in [0.25, 0.3) is 0 Å². The molecule has 0 fully saturated rings. The fourth-order valence-corrected chi connectivity index (χ4v) is 3.65. The van der Waals surface area contributed by atoms with Crippen LogP contribution in [0.1, 0.15) is 5.56 Å². The van der Waals surface area contributed by atoms with E-state index in [0.717, 1.165) is 10.9 Å². The molecule has 7 nitrogen and oxygen atoms in total. The fourth-order valence-electron chi connectivity index (χ4n) is 2.99. The Labute approximate surface area is 176 Å². The molecule has 0 saturated carbocycles. The third-order valence-electron chi connectivity index (χ3n) is 4.42. The lowest BCUT2D eigenvalue weighted by Gasteiger charge is -2.12. The maximum atomic E-state index is 12.3. The second-order valence-corrected chi connectivity index (χ2v) is 7.05.